The van der Waals surface area contributed by atoms with Crippen LogP contribution in [-0.4, -0.2) is 0 Å². The largest absolute Gasteiger partial charge is 1.00 e. The van der Waals surface area contributed by atoms with Crippen molar-refractivity contribution in [1.29, 1.82) is 0 Å². The molecule has 0 aromatic carbocycles. The molecule has 0 heterocycles. The summed E-state index contributed by atoms with van der Waals surface area (Å²) in [5, 5.41) is 0. The van der Waals surface area contributed by atoms with E-state index in [4.69, 9.17) is 0 Å². The molecule has 0 rings (SSSR count). The molecule has 0 aromatic rings. The maximum Gasteiger partial charge on any atom is 1.00 e. The van der Waals surface area contributed by atoms with Crippen molar-refractivity contribution in [2.45, 2.75) is 0 Å². The van der Waals surface area contributed by atoms with Gasteiger partial charge in [0.25, 0.3) is 0 Å². The fraction of sp³-hybridized carbons (Fsp3) is 0. The Morgan fingerprint density at radius 2 is 0.846 bits per heavy atom. The molecule has 0 amide bonds. The van der Waals surface area contributed by atoms with Crippen molar-refractivity contribution in [3.05, 3.63) is 0 Å². The van der Waals surface area contributed by atoms with Crippen molar-refractivity contribution in [2.24, 2.45) is 0 Å². The average Bonchev–Trinajstić information content (AvgIpc) is 1.14. The Bertz CT molecular complexity index is 159. The average molecular weight is 605 g/mol. The summed E-state index contributed by atoms with van der Waals surface area (Å²) in [4.78, 5) is 37.3. The first-order chi connectivity index (χ1) is 3.71. The van der Waals surface area contributed by atoms with Gasteiger partial charge in [-0.2, -0.15) is 0 Å². The van der Waals surface area contributed by atoms with Crippen molar-refractivity contribution in [3.63, 3.8) is 0 Å². The summed E-state index contributed by atoms with van der Waals surface area (Å²) in [5.74, 6) is 0. The molecule has 13 heteroatoms. The predicted octanol–water partition coefficient (Wildman–Crippen LogP) is -3.35. The Balaban J connectivity index is -0.0000000533. The Kier molecular flexibility index (Phi) is 26.9. The number of rotatable bonds is 2. The molecule has 13 heavy (non-hydrogen) atoms. The molecule has 0 fully saturated rings. The molecular weight excluding hydrogens is 605 g/mol. The van der Waals surface area contributed by atoms with E-state index in [1.54, 1.807) is 0 Å². The minimum absolute atomic E-state index is 0. The van der Waals surface area contributed by atoms with Crippen molar-refractivity contribution in [3.8, 4) is 0 Å². The zero-order chi connectivity index (χ0) is 7.71. The molecule has 7 nitrogen and oxygen atoms in total. The molecule has 0 saturated heterocycles. The van der Waals surface area contributed by atoms with Crippen LogP contribution in [0.25, 0.3) is 0 Å². The third kappa shape index (κ3) is 31.3. The van der Waals surface area contributed by atoms with Crippen LogP contribution in [0, 0.1) is 0 Å². The van der Waals surface area contributed by atoms with Crippen LogP contribution in [0.2, 0.25) is 0 Å². The molecule has 0 aliphatic heterocycles. The maximum atomic E-state index is 9.32. The molecule has 0 aliphatic carbocycles. The van der Waals surface area contributed by atoms with Crippen LogP contribution in [0.4, 0.5) is 0 Å². The molecule has 96 valence electrons. The summed E-state index contributed by atoms with van der Waals surface area (Å²) in [6.45, 7) is 0. The topological polar surface area (TPSA) is 136 Å². The molecule has 0 atom stereocenters. The Morgan fingerprint density at radius 3 is 0.846 bits per heavy atom. The van der Waals surface area contributed by atoms with Gasteiger partial charge >= 0.3 is 89.5 Å². The van der Waals surface area contributed by atoms with Gasteiger partial charge in [0.15, 0.2) is 0 Å². The van der Waals surface area contributed by atoms with Crippen LogP contribution in [0.1, 0.15) is 0 Å². The van der Waals surface area contributed by atoms with E-state index in [1.165, 1.54) is 0 Å². The van der Waals surface area contributed by atoms with Crippen LogP contribution < -0.4 is 19.6 Å². The van der Waals surface area contributed by atoms with Gasteiger partial charge in [-0.3, -0.25) is 0 Å². The first-order valence-corrected chi connectivity index (χ1v) is 4.38. The van der Waals surface area contributed by atoms with Gasteiger partial charge in [0.05, 0.1) is 15.6 Å². The number of hydrogen-bond donors (Lipinski definition) is 0. The molecule has 0 bridgehead atoms. The summed E-state index contributed by atoms with van der Waals surface area (Å²) in [5.41, 5.74) is 0. The van der Waals surface area contributed by atoms with Gasteiger partial charge in [0.2, 0.25) is 0 Å². The van der Waals surface area contributed by atoms with Crippen LogP contribution in [0.15, 0.2) is 0 Å². The van der Waals surface area contributed by atoms with E-state index in [1.807, 2.05) is 0 Å². The van der Waals surface area contributed by atoms with Crippen molar-refractivity contribution in [2.75, 3.05) is 0 Å². The van der Waals surface area contributed by atoms with Gasteiger partial charge in [-0.05, 0) is 0 Å². The third-order valence-corrected chi connectivity index (χ3v) is 1.80. The van der Waals surface area contributed by atoms with E-state index in [0.29, 0.717) is 0 Å². The summed E-state index contributed by atoms with van der Waals surface area (Å²) < 4.78 is 21.2. The van der Waals surface area contributed by atoms with Crippen molar-refractivity contribution >= 4 is 15.6 Å². The second-order valence-electron chi connectivity index (χ2n) is 0.976. The van der Waals surface area contributed by atoms with E-state index in [0.717, 1.165) is 0 Å². The summed E-state index contributed by atoms with van der Waals surface area (Å²) >= 11 is 0. The monoisotopic (exact) mass is 602 g/mol. The van der Waals surface area contributed by atoms with Crippen LogP contribution in [0.5, 0.6) is 0 Å². The van der Waals surface area contributed by atoms with Gasteiger partial charge in [-0.1, -0.05) is 0 Å². The van der Waals surface area contributed by atoms with Gasteiger partial charge in [0.1, 0.15) is 0 Å². The van der Waals surface area contributed by atoms with Gasteiger partial charge < -0.3 is 33.0 Å². The standard InChI is InChI=1S/4Ag.H4O7P2/c;;;;1-8(2,3)7-9(4,5)6/h;;;;(H2,1,2,3)(H2,4,5,6)/q4*+1;/p-4. The maximum absolute atomic E-state index is 9.32. The number of hydrogen-bond acceptors (Lipinski definition) is 7. The normalized spacial score (nSPS) is 9.54. The third-order valence-electron chi connectivity index (χ3n) is 0.200. The second-order valence-corrected chi connectivity index (χ2v) is 3.42. The van der Waals surface area contributed by atoms with Gasteiger partial charge in [-0.15, -0.1) is 0 Å². The van der Waals surface area contributed by atoms with Crippen molar-refractivity contribution < 1.29 is 123 Å². The van der Waals surface area contributed by atoms with Crippen molar-refractivity contribution in [1.82, 2.24) is 0 Å². The fourth-order valence-electron chi connectivity index (χ4n) is 0.122. The first-order valence-electron chi connectivity index (χ1n) is 1.46. The summed E-state index contributed by atoms with van der Waals surface area (Å²) in [6.07, 6.45) is 0. The molecule has 0 radical (unpaired) electrons. The molecule has 0 aliphatic rings. The number of phosphoric acid groups is 2. The van der Waals surface area contributed by atoms with Gasteiger partial charge in [0, 0.05) is 0 Å². The molecule has 0 unspecified atom stereocenters. The quantitative estimate of drug-likeness (QED) is 0.237. The second kappa shape index (κ2) is 11.7. The molecule has 0 spiro atoms. The Labute approximate surface area is 136 Å². The first kappa shape index (κ1) is 29.8. The van der Waals surface area contributed by atoms with Crippen LogP contribution >= 0.6 is 15.6 Å². The van der Waals surface area contributed by atoms with E-state index in [2.05, 4.69) is 4.31 Å². The Hall–Kier alpha value is 3.22. The van der Waals surface area contributed by atoms with E-state index in [9.17, 15) is 28.7 Å². The van der Waals surface area contributed by atoms with E-state index < -0.39 is 15.6 Å². The predicted molar refractivity (Wildman–Crippen MR) is 16.3 cm³/mol. The molecule has 0 saturated carbocycles. The Morgan fingerprint density at radius 1 is 0.692 bits per heavy atom. The SMILES string of the molecule is O=P([O-])([O-])OP(=O)([O-])[O-].[Ag+].[Ag+].[Ag+].[Ag+]. The fourth-order valence-corrected chi connectivity index (χ4v) is 1.10. The minimum atomic E-state index is -5.68. The smallest absolute Gasteiger partial charge is 0.790 e. The van der Waals surface area contributed by atoms with Gasteiger partial charge in [-0.25, -0.2) is 0 Å². The molecular formula is Ag4O7P2. The summed E-state index contributed by atoms with van der Waals surface area (Å²) in [6, 6.07) is 0. The minimum Gasteiger partial charge on any atom is -0.790 e. The zero-order valence-corrected chi connectivity index (χ0v) is 12.7. The van der Waals surface area contributed by atoms with E-state index >= 15 is 0 Å². The zero-order valence-electron chi connectivity index (χ0n) is 4.96. The van der Waals surface area contributed by atoms with Crippen LogP contribution in [-0.2, 0) is 103 Å². The van der Waals surface area contributed by atoms with E-state index in [-0.39, 0.29) is 89.5 Å². The summed E-state index contributed by atoms with van der Waals surface area (Å²) in [7, 11) is -11.4. The van der Waals surface area contributed by atoms with Crippen LogP contribution in [0.3, 0.4) is 0 Å². The molecule has 0 N–H and O–H groups in total. The molecule has 0 aromatic heterocycles.